The van der Waals surface area contributed by atoms with Gasteiger partial charge in [0.1, 0.15) is 11.4 Å². The molecule has 0 spiro atoms. The van der Waals surface area contributed by atoms with E-state index in [0.717, 1.165) is 0 Å². The van der Waals surface area contributed by atoms with Crippen LogP contribution in [0.5, 0.6) is 5.75 Å². The van der Waals surface area contributed by atoms with Crippen molar-refractivity contribution in [2.45, 2.75) is 19.5 Å². The Kier molecular flexibility index (Phi) is 5.99. The second-order valence-electron chi connectivity index (χ2n) is 6.44. The molecular weight excluding hydrogens is 409 g/mol. The summed E-state index contributed by atoms with van der Waals surface area (Å²) in [6.45, 7) is 0.270. The Balaban J connectivity index is 1.85. The molecule has 0 saturated carbocycles. The van der Waals surface area contributed by atoms with E-state index in [1.807, 2.05) is 0 Å². The van der Waals surface area contributed by atoms with Crippen LogP contribution in [-0.4, -0.2) is 40.6 Å². The van der Waals surface area contributed by atoms with Crippen LogP contribution < -0.4 is 10.1 Å². The number of benzene rings is 1. The number of nitrogens with zero attached hydrogens (tertiary/aromatic N) is 3. The molecule has 29 heavy (non-hydrogen) atoms. The number of amides is 1. The second kappa shape index (κ2) is 8.30. The van der Waals surface area contributed by atoms with Gasteiger partial charge in [-0.25, -0.2) is 4.98 Å². The van der Waals surface area contributed by atoms with Gasteiger partial charge in [-0.1, -0.05) is 29.8 Å². The lowest BCUT2D eigenvalue weighted by molar-refractivity contribution is -0.274. The third-order valence-electron chi connectivity index (χ3n) is 4.10. The predicted octanol–water partition coefficient (Wildman–Crippen LogP) is 3.88. The molecule has 3 aromatic rings. The summed E-state index contributed by atoms with van der Waals surface area (Å²) in [5.41, 5.74) is 1.66. The standard InChI is InChI=1S/C19H18ClF3N4O2/c1-26(2)18(28)17-14(27-11-13(20)7-8-16(27)25-17)10-24-9-12-5-3-4-6-15(12)29-19(21,22)23/h3-8,11,24H,9-10H2,1-2H3. The quantitative estimate of drug-likeness (QED) is 0.650. The van der Waals surface area contributed by atoms with Crippen molar-refractivity contribution >= 4 is 23.2 Å². The summed E-state index contributed by atoms with van der Waals surface area (Å²) in [4.78, 5) is 18.3. The van der Waals surface area contributed by atoms with E-state index in [2.05, 4.69) is 15.0 Å². The minimum Gasteiger partial charge on any atom is -0.405 e. The molecule has 0 aliphatic carbocycles. The molecule has 3 rings (SSSR count). The van der Waals surface area contributed by atoms with Crippen molar-refractivity contribution < 1.29 is 22.7 Å². The molecule has 0 bridgehead atoms. The van der Waals surface area contributed by atoms with Crippen LogP contribution in [0.2, 0.25) is 5.02 Å². The van der Waals surface area contributed by atoms with Gasteiger partial charge in [0.25, 0.3) is 5.91 Å². The number of halogens is 4. The van der Waals surface area contributed by atoms with Crippen molar-refractivity contribution in [3.8, 4) is 5.75 Å². The molecule has 0 saturated heterocycles. The van der Waals surface area contributed by atoms with Crippen LogP contribution in [0.15, 0.2) is 42.6 Å². The lowest BCUT2D eigenvalue weighted by Crippen LogP contribution is -2.25. The predicted molar refractivity (Wildman–Crippen MR) is 102 cm³/mol. The molecule has 2 aromatic heterocycles. The van der Waals surface area contributed by atoms with Gasteiger partial charge in [0.15, 0.2) is 5.69 Å². The third-order valence-corrected chi connectivity index (χ3v) is 4.32. The van der Waals surface area contributed by atoms with Crippen molar-refractivity contribution in [1.29, 1.82) is 0 Å². The zero-order valence-corrected chi connectivity index (χ0v) is 16.4. The summed E-state index contributed by atoms with van der Waals surface area (Å²) in [6.07, 6.45) is -3.14. The lowest BCUT2D eigenvalue weighted by Gasteiger charge is -2.14. The van der Waals surface area contributed by atoms with Crippen LogP contribution in [0.25, 0.3) is 5.65 Å². The first-order valence-corrected chi connectivity index (χ1v) is 8.96. The largest absolute Gasteiger partial charge is 0.573 e. The Morgan fingerprint density at radius 3 is 2.62 bits per heavy atom. The molecule has 1 aromatic carbocycles. The number of ether oxygens (including phenoxy) is 1. The van der Waals surface area contributed by atoms with E-state index in [-0.39, 0.29) is 30.4 Å². The fourth-order valence-electron chi connectivity index (χ4n) is 2.81. The van der Waals surface area contributed by atoms with Crippen LogP contribution in [0.3, 0.4) is 0 Å². The van der Waals surface area contributed by atoms with E-state index < -0.39 is 6.36 Å². The van der Waals surface area contributed by atoms with E-state index in [1.54, 1.807) is 42.9 Å². The Morgan fingerprint density at radius 2 is 1.93 bits per heavy atom. The highest BCUT2D eigenvalue weighted by atomic mass is 35.5. The molecule has 0 aliphatic rings. The van der Waals surface area contributed by atoms with E-state index in [9.17, 15) is 18.0 Å². The highest BCUT2D eigenvalue weighted by molar-refractivity contribution is 6.30. The molecule has 0 unspecified atom stereocenters. The number of hydrogen-bond donors (Lipinski definition) is 1. The molecule has 10 heteroatoms. The van der Waals surface area contributed by atoms with Gasteiger partial charge in [0.2, 0.25) is 0 Å². The molecule has 0 aliphatic heterocycles. The highest BCUT2D eigenvalue weighted by Gasteiger charge is 2.32. The molecule has 0 atom stereocenters. The average Bonchev–Trinajstić information content (AvgIpc) is 2.99. The minimum atomic E-state index is -4.78. The number of para-hydroxylation sites is 1. The Bertz CT molecular complexity index is 1030. The number of carbonyl (C=O) groups is 1. The van der Waals surface area contributed by atoms with Gasteiger partial charge in [0, 0.05) is 38.9 Å². The van der Waals surface area contributed by atoms with Gasteiger partial charge < -0.3 is 19.4 Å². The molecule has 0 radical (unpaired) electrons. The highest BCUT2D eigenvalue weighted by Crippen LogP contribution is 2.26. The maximum atomic E-state index is 12.6. The third kappa shape index (κ3) is 4.99. The van der Waals surface area contributed by atoms with Crippen molar-refractivity contribution in [3.05, 3.63) is 64.6 Å². The smallest absolute Gasteiger partial charge is 0.405 e. The number of imidazole rings is 1. The number of carbonyl (C=O) groups excluding carboxylic acids is 1. The molecule has 2 heterocycles. The van der Waals surface area contributed by atoms with Crippen LogP contribution >= 0.6 is 11.6 Å². The number of aromatic nitrogens is 2. The normalized spacial score (nSPS) is 11.7. The van der Waals surface area contributed by atoms with Gasteiger partial charge in [0.05, 0.1) is 10.7 Å². The van der Waals surface area contributed by atoms with Crippen molar-refractivity contribution in [3.63, 3.8) is 0 Å². The number of alkyl halides is 3. The average molecular weight is 427 g/mol. The molecule has 154 valence electrons. The van der Waals surface area contributed by atoms with Gasteiger partial charge in [-0.2, -0.15) is 0 Å². The molecule has 1 N–H and O–H groups in total. The minimum absolute atomic E-state index is 0.0929. The van der Waals surface area contributed by atoms with Crippen LogP contribution in [0.4, 0.5) is 13.2 Å². The first kappa shape index (κ1) is 20.9. The lowest BCUT2D eigenvalue weighted by atomic mass is 10.2. The summed E-state index contributed by atoms with van der Waals surface area (Å²) in [5, 5.41) is 3.52. The van der Waals surface area contributed by atoms with E-state index in [0.29, 0.717) is 21.9 Å². The summed E-state index contributed by atoms with van der Waals surface area (Å²) in [6, 6.07) is 9.21. The maximum Gasteiger partial charge on any atom is 0.573 e. The fraction of sp³-hybridized carbons (Fsp3) is 0.263. The first-order chi connectivity index (χ1) is 13.7. The Labute approximate surface area is 169 Å². The first-order valence-electron chi connectivity index (χ1n) is 8.58. The number of nitrogens with one attached hydrogen (secondary N) is 1. The molecule has 6 nitrogen and oxygen atoms in total. The van der Waals surface area contributed by atoms with E-state index >= 15 is 0 Å². The summed E-state index contributed by atoms with van der Waals surface area (Å²) >= 11 is 6.07. The molecular formula is C19H18ClF3N4O2. The van der Waals surface area contributed by atoms with E-state index in [1.165, 1.54) is 23.1 Å². The SMILES string of the molecule is CN(C)C(=O)c1nc2ccc(Cl)cn2c1CNCc1ccccc1OC(F)(F)F. The van der Waals surface area contributed by atoms with Crippen LogP contribution in [0, 0.1) is 0 Å². The second-order valence-corrected chi connectivity index (χ2v) is 6.88. The van der Waals surface area contributed by atoms with Crippen LogP contribution in [0.1, 0.15) is 21.7 Å². The zero-order chi connectivity index (χ0) is 21.2. The van der Waals surface area contributed by atoms with Gasteiger partial charge >= 0.3 is 6.36 Å². The Hall–Kier alpha value is -2.78. The zero-order valence-electron chi connectivity index (χ0n) is 15.6. The molecule has 0 fully saturated rings. The number of rotatable bonds is 6. The monoisotopic (exact) mass is 426 g/mol. The van der Waals surface area contributed by atoms with Crippen molar-refractivity contribution in [2.75, 3.05) is 14.1 Å². The summed E-state index contributed by atoms with van der Waals surface area (Å²) in [5.74, 6) is -0.569. The number of fused-ring (bicyclic) bond motifs is 1. The topological polar surface area (TPSA) is 58.9 Å². The van der Waals surface area contributed by atoms with Gasteiger partial charge in [-0.05, 0) is 18.2 Å². The van der Waals surface area contributed by atoms with Gasteiger partial charge in [-0.3, -0.25) is 4.79 Å². The van der Waals surface area contributed by atoms with Crippen molar-refractivity contribution in [1.82, 2.24) is 19.6 Å². The summed E-state index contributed by atoms with van der Waals surface area (Å²) < 4.78 is 43.5. The van der Waals surface area contributed by atoms with Gasteiger partial charge in [-0.15, -0.1) is 13.2 Å². The Morgan fingerprint density at radius 1 is 1.21 bits per heavy atom. The number of pyridine rings is 1. The summed E-state index contributed by atoms with van der Waals surface area (Å²) in [7, 11) is 3.22. The molecule has 1 amide bonds. The fourth-order valence-corrected chi connectivity index (χ4v) is 2.97. The van der Waals surface area contributed by atoms with E-state index in [4.69, 9.17) is 11.6 Å². The number of hydrogen-bond acceptors (Lipinski definition) is 4. The van der Waals surface area contributed by atoms with Crippen molar-refractivity contribution in [2.24, 2.45) is 0 Å². The maximum absolute atomic E-state index is 12.6. The van der Waals surface area contributed by atoms with Crippen LogP contribution in [-0.2, 0) is 13.1 Å².